The Morgan fingerprint density at radius 3 is 2.81 bits per heavy atom. The highest BCUT2D eigenvalue weighted by molar-refractivity contribution is 5.00. The quantitative estimate of drug-likeness (QED) is 0.809. The minimum Gasteiger partial charge on any atom is -0.323 e. The van der Waals surface area contributed by atoms with E-state index in [1.165, 1.54) is 0 Å². The average Bonchev–Trinajstić information content (AvgIpc) is 2.78. The molecule has 2 rings (SSSR count). The lowest BCUT2D eigenvalue weighted by Crippen LogP contribution is -2.09. The normalized spacial score (nSPS) is 12.6. The first-order valence-electron chi connectivity index (χ1n) is 5.21. The van der Waals surface area contributed by atoms with Crippen molar-refractivity contribution in [1.82, 2.24) is 25.0 Å². The van der Waals surface area contributed by atoms with Crippen LogP contribution < -0.4 is 5.73 Å². The minimum atomic E-state index is -0.0505. The number of nitrogens with two attached hydrogens (primary N) is 1. The van der Waals surface area contributed by atoms with Crippen molar-refractivity contribution < 1.29 is 0 Å². The average molecular weight is 218 g/mol. The molecule has 0 saturated heterocycles. The minimum absolute atomic E-state index is 0.0505. The molecule has 1 unspecified atom stereocenters. The summed E-state index contributed by atoms with van der Waals surface area (Å²) in [5, 5.41) is 8.00. The zero-order chi connectivity index (χ0) is 11.4. The van der Waals surface area contributed by atoms with Crippen molar-refractivity contribution >= 4 is 0 Å². The molecule has 2 aromatic heterocycles. The zero-order valence-electron chi connectivity index (χ0n) is 9.11. The fraction of sp³-hybridized carbons (Fsp3) is 0.400. The third kappa shape index (κ3) is 2.40. The van der Waals surface area contributed by atoms with Gasteiger partial charge in [-0.25, -0.2) is 14.6 Å². The first kappa shape index (κ1) is 10.7. The van der Waals surface area contributed by atoms with Crippen molar-refractivity contribution in [3.05, 3.63) is 36.2 Å². The van der Waals surface area contributed by atoms with Gasteiger partial charge in [0.05, 0.1) is 17.9 Å². The molecular weight excluding hydrogens is 204 g/mol. The second-order valence-corrected chi connectivity index (χ2v) is 3.52. The highest BCUT2D eigenvalue weighted by Gasteiger charge is 2.08. The van der Waals surface area contributed by atoms with Gasteiger partial charge in [-0.15, -0.1) is 5.10 Å². The number of rotatable bonds is 4. The van der Waals surface area contributed by atoms with Crippen LogP contribution in [-0.2, 0) is 6.54 Å². The van der Waals surface area contributed by atoms with Gasteiger partial charge in [-0.1, -0.05) is 12.1 Å². The van der Waals surface area contributed by atoms with E-state index in [0.717, 1.165) is 12.1 Å². The lowest BCUT2D eigenvalue weighted by molar-refractivity contribution is 0.622. The predicted molar refractivity (Wildman–Crippen MR) is 58.4 cm³/mol. The molecule has 0 aliphatic rings. The molecule has 6 nitrogen and oxygen atoms in total. The molecule has 6 heteroatoms. The van der Waals surface area contributed by atoms with E-state index in [0.29, 0.717) is 12.4 Å². The maximum Gasteiger partial charge on any atom is 0.149 e. The van der Waals surface area contributed by atoms with Crippen molar-refractivity contribution in [2.24, 2.45) is 5.73 Å². The summed E-state index contributed by atoms with van der Waals surface area (Å²) < 4.78 is 1.69. The van der Waals surface area contributed by atoms with Crippen molar-refractivity contribution in [1.29, 1.82) is 0 Å². The summed E-state index contributed by atoms with van der Waals surface area (Å²) in [4.78, 5) is 8.23. The molecule has 2 N–H and O–H groups in total. The van der Waals surface area contributed by atoms with E-state index in [9.17, 15) is 0 Å². The van der Waals surface area contributed by atoms with Gasteiger partial charge in [-0.2, -0.15) is 0 Å². The highest BCUT2D eigenvalue weighted by atomic mass is 15.4. The molecule has 0 aliphatic heterocycles. The van der Waals surface area contributed by atoms with Crippen LogP contribution in [0, 0.1) is 0 Å². The van der Waals surface area contributed by atoms with E-state index in [1.54, 1.807) is 23.1 Å². The van der Waals surface area contributed by atoms with Crippen LogP contribution in [0.1, 0.15) is 30.9 Å². The Morgan fingerprint density at radius 2 is 2.12 bits per heavy atom. The smallest absolute Gasteiger partial charge is 0.149 e. The molecule has 2 heterocycles. The molecule has 0 spiro atoms. The summed E-state index contributed by atoms with van der Waals surface area (Å²) in [5.74, 6) is 0.712. The first-order chi connectivity index (χ1) is 7.79. The number of hydrogen-bond acceptors (Lipinski definition) is 5. The summed E-state index contributed by atoms with van der Waals surface area (Å²) >= 11 is 0. The zero-order valence-corrected chi connectivity index (χ0v) is 9.11. The van der Waals surface area contributed by atoms with Crippen LogP contribution in [0.25, 0.3) is 0 Å². The van der Waals surface area contributed by atoms with Gasteiger partial charge in [0.25, 0.3) is 0 Å². The van der Waals surface area contributed by atoms with Crippen molar-refractivity contribution in [3.8, 4) is 0 Å². The number of aromatic nitrogens is 5. The van der Waals surface area contributed by atoms with E-state index >= 15 is 0 Å². The molecular formula is C10H14N6. The molecule has 0 bridgehead atoms. The topological polar surface area (TPSA) is 82.5 Å². The van der Waals surface area contributed by atoms with Gasteiger partial charge in [0.1, 0.15) is 12.4 Å². The third-order valence-electron chi connectivity index (χ3n) is 2.30. The molecule has 0 fully saturated rings. The summed E-state index contributed by atoms with van der Waals surface area (Å²) in [6, 6.07) is 1.73. The Morgan fingerprint density at radius 1 is 1.38 bits per heavy atom. The summed E-state index contributed by atoms with van der Waals surface area (Å²) in [5.41, 5.74) is 6.66. The number of hydrogen-bond donors (Lipinski definition) is 1. The Labute approximate surface area is 93.5 Å². The molecule has 0 amide bonds. The highest BCUT2D eigenvalue weighted by Crippen LogP contribution is 2.09. The number of nitrogens with zero attached hydrogens (tertiary/aromatic N) is 5. The Bertz CT molecular complexity index is 438. The van der Waals surface area contributed by atoms with E-state index in [4.69, 9.17) is 5.73 Å². The second kappa shape index (κ2) is 4.80. The Hall–Kier alpha value is -1.82. The summed E-state index contributed by atoms with van der Waals surface area (Å²) in [6.45, 7) is 2.54. The molecule has 0 saturated carbocycles. The standard InChI is InChI=1S/C10H14N6/c1-2-8(11)9-6-16(15-14-9)7-10-12-4-3-5-13-10/h3-6,8H,2,7,11H2,1H3. The monoisotopic (exact) mass is 218 g/mol. The van der Waals surface area contributed by atoms with E-state index in [-0.39, 0.29) is 6.04 Å². The fourth-order valence-electron chi connectivity index (χ4n) is 1.33. The van der Waals surface area contributed by atoms with Gasteiger partial charge < -0.3 is 5.73 Å². The predicted octanol–water partition coefficient (Wildman–Crippen LogP) is 0.526. The van der Waals surface area contributed by atoms with Gasteiger partial charge in [0, 0.05) is 12.4 Å². The lowest BCUT2D eigenvalue weighted by Gasteiger charge is -2.01. The molecule has 0 radical (unpaired) electrons. The van der Waals surface area contributed by atoms with Crippen LogP contribution in [0.4, 0.5) is 0 Å². The van der Waals surface area contributed by atoms with Crippen molar-refractivity contribution in [2.45, 2.75) is 25.9 Å². The van der Waals surface area contributed by atoms with Crippen LogP contribution in [-0.4, -0.2) is 25.0 Å². The van der Waals surface area contributed by atoms with Crippen molar-refractivity contribution in [2.75, 3.05) is 0 Å². The van der Waals surface area contributed by atoms with Crippen LogP contribution in [0.15, 0.2) is 24.7 Å². The molecule has 84 valence electrons. The second-order valence-electron chi connectivity index (χ2n) is 3.52. The summed E-state index contributed by atoms with van der Waals surface area (Å²) in [7, 11) is 0. The SMILES string of the molecule is CCC(N)c1cn(Cc2ncccn2)nn1. The van der Waals surface area contributed by atoms with Crippen LogP contribution in [0.2, 0.25) is 0 Å². The van der Waals surface area contributed by atoms with Gasteiger partial charge in [-0.05, 0) is 12.5 Å². The van der Waals surface area contributed by atoms with Gasteiger partial charge in [-0.3, -0.25) is 0 Å². The third-order valence-corrected chi connectivity index (χ3v) is 2.30. The van der Waals surface area contributed by atoms with E-state index < -0.39 is 0 Å². The molecule has 2 aromatic rings. The van der Waals surface area contributed by atoms with Gasteiger partial charge in [0.15, 0.2) is 0 Å². The van der Waals surface area contributed by atoms with E-state index in [2.05, 4.69) is 20.3 Å². The Kier molecular flexibility index (Phi) is 3.21. The van der Waals surface area contributed by atoms with Crippen LogP contribution in [0.5, 0.6) is 0 Å². The van der Waals surface area contributed by atoms with Crippen molar-refractivity contribution in [3.63, 3.8) is 0 Å². The molecule has 0 aliphatic carbocycles. The van der Waals surface area contributed by atoms with Gasteiger partial charge >= 0.3 is 0 Å². The lowest BCUT2D eigenvalue weighted by atomic mass is 10.2. The van der Waals surface area contributed by atoms with Crippen LogP contribution >= 0.6 is 0 Å². The molecule has 0 aromatic carbocycles. The van der Waals surface area contributed by atoms with E-state index in [1.807, 2.05) is 13.1 Å². The maximum absolute atomic E-state index is 5.85. The largest absolute Gasteiger partial charge is 0.323 e. The van der Waals surface area contributed by atoms with Gasteiger partial charge in [0.2, 0.25) is 0 Å². The molecule has 16 heavy (non-hydrogen) atoms. The first-order valence-corrected chi connectivity index (χ1v) is 5.21. The van der Waals surface area contributed by atoms with Crippen LogP contribution in [0.3, 0.4) is 0 Å². The summed E-state index contributed by atoms with van der Waals surface area (Å²) in [6.07, 6.45) is 6.10. The maximum atomic E-state index is 5.85. The Balaban J connectivity index is 2.09. The fourth-order valence-corrected chi connectivity index (χ4v) is 1.33. The molecule has 1 atom stereocenters.